The standard InChI is InChI=1S/C16H25N3O2S/c1-3-21-16(2)10-13(16)18-15(20)19-7-4-5-12(11-19)9-14-17-6-8-22-14/h6,8,12-13H,3-5,7,9-11H2,1-2H3,(H,18,20)/t12?,13-,16+/m1/s1. The van der Waals surface area contributed by atoms with E-state index in [2.05, 4.69) is 17.2 Å². The molecule has 0 spiro atoms. The summed E-state index contributed by atoms with van der Waals surface area (Å²) in [6.07, 6.45) is 6.03. The van der Waals surface area contributed by atoms with E-state index >= 15 is 0 Å². The summed E-state index contributed by atoms with van der Waals surface area (Å²) in [7, 11) is 0. The number of nitrogens with zero attached hydrogens (tertiary/aromatic N) is 2. The number of thiazole rings is 1. The van der Waals surface area contributed by atoms with E-state index in [0.717, 1.165) is 32.4 Å². The summed E-state index contributed by atoms with van der Waals surface area (Å²) in [5.41, 5.74) is -0.152. The highest BCUT2D eigenvalue weighted by molar-refractivity contribution is 7.09. The van der Waals surface area contributed by atoms with Crippen molar-refractivity contribution in [2.24, 2.45) is 5.92 Å². The van der Waals surface area contributed by atoms with Crippen LogP contribution in [0, 0.1) is 5.92 Å². The third-order valence-electron chi connectivity index (χ3n) is 4.71. The van der Waals surface area contributed by atoms with Gasteiger partial charge in [-0.25, -0.2) is 9.78 Å². The van der Waals surface area contributed by atoms with Gasteiger partial charge in [0.15, 0.2) is 0 Å². The molecular weight excluding hydrogens is 298 g/mol. The van der Waals surface area contributed by atoms with E-state index in [1.165, 1.54) is 11.4 Å². The highest BCUT2D eigenvalue weighted by Gasteiger charge is 2.52. The van der Waals surface area contributed by atoms with Crippen LogP contribution in [-0.4, -0.2) is 47.3 Å². The molecule has 1 aliphatic carbocycles. The first-order valence-electron chi connectivity index (χ1n) is 8.18. The van der Waals surface area contributed by atoms with Crippen molar-refractivity contribution in [1.82, 2.24) is 15.2 Å². The maximum Gasteiger partial charge on any atom is 0.317 e. The van der Waals surface area contributed by atoms with E-state index in [0.29, 0.717) is 12.5 Å². The van der Waals surface area contributed by atoms with Crippen LogP contribution in [0.15, 0.2) is 11.6 Å². The van der Waals surface area contributed by atoms with Gasteiger partial charge in [0, 0.05) is 44.1 Å². The minimum absolute atomic E-state index is 0.0669. The maximum absolute atomic E-state index is 12.4. The average molecular weight is 323 g/mol. The number of hydrogen-bond donors (Lipinski definition) is 1. The van der Waals surface area contributed by atoms with Crippen molar-refractivity contribution < 1.29 is 9.53 Å². The molecule has 3 rings (SSSR count). The highest BCUT2D eigenvalue weighted by atomic mass is 32.1. The minimum atomic E-state index is -0.152. The van der Waals surface area contributed by atoms with Crippen molar-refractivity contribution in [1.29, 1.82) is 0 Å². The Morgan fingerprint density at radius 1 is 1.64 bits per heavy atom. The number of carbonyl (C=O) groups excluding carboxylic acids is 1. The third kappa shape index (κ3) is 3.60. The number of nitrogens with one attached hydrogen (secondary N) is 1. The molecule has 2 aliphatic rings. The van der Waals surface area contributed by atoms with Crippen molar-refractivity contribution >= 4 is 17.4 Å². The molecule has 0 aromatic carbocycles. The SMILES string of the molecule is CCO[C@@]1(C)C[C@H]1NC(=O)N1CCCC(Cc2nccs2)C1. The number of hydrogen-bond acceptors (Lipinski definition) is 4. The Balaban J connectivity index is 1.48. The van der Waals surface area contributed by atoms with Gasteiger partial charge in [-0.1, -0.05) is 0 Å². The van der Waals surface area contributed by atoms with Crippen LogP contribution < -0.4 is 5.32 Å². The molecule has 122 valence electrons. The number of aromatic nitrogens is 1. The second kappa shape index (κ2) is 6.54. The summed E-state index contributed by atoms with van der Waals surface area (Å²) in [5.74, 6) is 0.531. The molecule has 3 atom stereocenters. The van der Waals surface area contributed by atoms with Gasteiger partial charge in [-0.2, -0.15) is 0 Å². The van der Waals surface area contributed by atoms with E-state index in [4.69, 9.17) is 4.74 Å². The molecule has 2 heterocycles. The van der Waals surface area contributed by atoms with E-state index in [-0.39, 0.29) is 17.7 Å². The van der Waals surface area contributed by atoms with Crippen LogP contribution in [0.25, 0.3) is 0 Å². The molecule has 1 aliphatic heterocycles. The van der Waals surface area contributed by atoms with Crippen LogP contribution in [0.3, 0.4) is 0 Å². The molecule has 6 heteroatoms. The predicted octanol–water partition coefficient (Wildman–Crippen LogP) is 2.67. The average Bonchev–Trinajstić information content (AvgIpc) is 2.89. The fraction of sp³-hybridized carbons (Fsp3) is 0.750. The minimum Gasteiger partial charge on any atom is -0.373 e. The third-order valence-corrected chi connectivity index (χ3v) is 5.51. The van der Waals surface area contributed by atoms with E-state index in [9.17, 15) is 4.79 Å². The molecule has 2 fully saturated rings. The molecule has 1 saturated carbocycles. The fourth-order valence-electron chi connectivity index (χ4n) is 3.30. The van der Waals surface area contributed by atoms with Crippen molar-refractivity contribution in [3.05, 3.63) is 16.6 Å². The number of piperidine rings is 1. The summed E-state index contributed by atoms with van der Waals surface area (Å²) in [6.45, 7) is 6.46. The van der Waals surface area contributed by atoms with Gasteiger partial charge in [0.2, 0.25) is 0 Å². The lowest BCUT2D eigenvalue weighted by Crippen LogP contribution is -2.47. The molecular formula is C16H25N3O2S. The van der Waals surface area contributed by atoms with Crippen molar-refractivity contribution in [3.63, 3.8) is 0 Å². The fourth-order valence-corrected chi connectivity index (χ4v) is 4.03. The molecule has 2 amide bonds. The molecule has 1 N–H and O–H groups in total. The zero-order valence-corrected chi connectivity index (χ0v) is 14.2. The van der Waals surface area contributed by atoms with Crippen LogP contribution in [0.2, 0.25) is 0 Å². The van der Waals surface area contributed by atoms with Crippen LogP contribution >= 0.6 is 11.3 Å². The Bertz CT molecular complexity index is 507. The van der Waals surface area contributed by atoms with E-state index in [1.807, 2.05) is 23.4 Å². The van der Waals surface area contributed by atoms with Gasteiger partial charge in [0.1, 0.15) is 0 Å². The van der Waals surface area contributed by atoms with Crippen molar-refractivity contribution in [2.45, 2.75) is 51.2 Å². The van der Waals surface area contributed by atoms with Crippen LogP contribution in [0.5, 0.6) is 0 Å². The number of urea groups is 1. The first-order valence-corrected chi connectivity index (χ1v) is 9.06. The summed E-state index contributed by atoms with van der Waals surface area (Å²) >= 11 is 1.71. The normalized spacial score (nSPS) is 31.1. The lowest BCUT2D eigenvalue weighted by Gasteiger charge is -2.32. The zero-order valence-electron chi connectivity index (χ0n) is 13.4. The first kappa shape index (κ1) is 15.7. The summed E-state index contributed by atoms with van der Waals surface area (Å²) in [4.78, 5) is 18.8. The van der Waals surface area contributed by atoms with Crippen LogP contribution in [-0.2, 0) is 11.2 Å². The smallest absolute Gasteiger partial charge is 0.317 e. The maximum atomic E-state index is 12.4. The molecule has 1 unspecified atom stereocenters. The molecule has 1 aromatic heterocycles. The van der Waals surface area contributed by atoms with Gasteiger partial charge in [0.25, 0.3) is 0 Å². The van der Waals surface area contributed by atoms with Crippen molar-refractivity contribution in [2.75, 3.05) is 19.7 Å². The zero-order chi connectivity index (χ0) is 15.6. The monoisotopic (exact) mass is 323 g/mol. The second-order valence-electron chi connectivity index (χ2n) is 6.54. The summed E-state index contributed by atoms with van der Waals surface area (Å²) in [6, 6.07) is 0.233. The second-order valence-corrected chi connectivity index (χ2v) is 7.52. The lowest BCUT2D eigenvalue weighted by molar-refractivity contribution is 0.0483. The number of rotatable bonds is 5. The number of ether oxygens (including phenoxy) is 1. The molecule has 22 heavy (non-hydrogen) atoms. The van der Waals surface area contributed by atoms with Crippen LogP contribution in [0.1, 0.15) is 38.1 Å². The van der Waals surface area contributed by atoms with E-state index in [1.54, 1.807) is 11.3 Å². The van der Waals surface area contributed by atoms with Gasteiger partial charge in [-0.15, -0.1) is 11.3 Å². The molecule has 1 saturated heterocycles. The molecule has 5 nitrogen and oxygen atoms in total. The highest BCUT2D eigenvalue weighted by Crippen LogP contribution is 2.39. The quantitative estimate of drug-likeness (QED) is 0.906. The number of carbonyl (C=O) groups is 1. The summed E-state index contributed by atoms with van der Waals surface area (Å²) in [5, 5.41) is 6.32. The van der Waals surface area contributed by atoms with Crippen molar-refractivity contribution in [3.8, 4) is 0 Å². The largest absolute Gasteiger partial charge is 0.373 e. The first-order chi connectivity index (χ1) is 10.6. The van der Waals surface area contributed by atoms with E-state index < -0.39 is 0 Å². The molecule has 0 bridgehead atoms. The Morgan fingerprint density at radius 3 is 3.23 bits per heavy atom. The predicted molar refractivity (Wildman–Crippen MR) is 87.1 cm³/mol. The summed E-state index contributed by atoms with van der Waals surface area (Å²) < 4.78 is 5.69. The van der Waals surface area contributed by atoms with Gasteiger partial charge < -0.3 is 15.0 Å². The molecule has 0 radical (unpaired) electrons. The van der Waals surface area contributed by atoms with Gasteiger partial charge >= 0.3 is 6.03 Å². The van der Waals surface area contributed by atoms with Gasteiger partial charge in [-0.05, 0) is 32.6 Å². The number of amides is 2. The van der Waals surface area contributed by atoms with Gasteiger partial charge in [-0.3, -0.25) is 0 Å². The Labute approximate surface area is 136 Å². The van der Waals surface area contributed by atoms with Gasteiger partial charge in [0.05, 0.1) is 16.7 Å². The Morgan fingerprint density at radius 2 is 2.50 bits per heavy atom. The van der Waals surface area contributed by atoms with Crippen LogP contribution in [0.4, 0.5) is 4.79 Å². The Kier molecular flexibility index (Phi) is 4.68. The lowest BCUT2D eigenvalue weighted by atomic mass is 9.95. The topological polar surface area (TPSA) is 54.5 Å². The Hall–Kier alpha value is -1.14. The number of likely N-dealkylation sites (tertiary alicyclic amines) is 1. The molecule has 1 aromatic rings.